The lowest BCUT2D eigenvalue weighted by Crippen LogP contribution is -2.20. The highest BCUT2D eigenvalue weighted by molar-refractivity contribution is 6.33. The number of amides is 1. The summed E-state index contributed by atoms with van der Waals surface area (Å²) in [6.45, 7) is -0.169. The van der Waals surface area contributed by atoms with Crippen molar-refractivity contribution in [2.24, 2.45) is 0 Å². The van der Waals surface area contributed by atoms with Crippen LogP contribution in [0.3, 0.4) is 0 Å². The van der Waals surface area contributed by atoms with E-state index in [9.17, 15) is 18.0 Å². The molecular formula is C21H14ClF3N4O. The molecule has 0 aliphatic heterocycles. The first-order valence-electron chi connectivity index (χ1n) is 8.85. The highest BCUT2D eigenvalue weighted by Gasteiger charge is 2.31. The number of para-hydroxylation sites is 2. The maximum absolute atomic E-state index is 13.0. The number of anilines is 1. The van der Waals surface area contributed by atoms with E-state index < -0.39 is 17.6 Å². The highest BCUT2D eigenvalue weighted by atomic mass is 35.5. The van der Waals surface area contributed by atoms with Gasteiger partial charge in [-0.3, -0.25) is 9.78 Å². The lowest BCUT2D eigenvalue weighted by atomic mass is 10.2. The standard InChI is InChI=1S/C21H14ClF3N4O/c22-15-8-7-14(21(23,24)25)10-17(15)27-19(30)12-29-18-6-2-1-5-16(18)28-20(29)13-4-3-9-26-11-13/h1-11H,12H2,(H,27,30). The lowest BCUT2D eigenvalue weighted by Gasteiger charge is -2.13. The number of benzene rings is 2. The first-order valence-corrected chi connectivity index (χ1v) is 9.23. The molecule has 9 heteroatoms. The van der Waals surface area contributed by atoms with Crippen molar-refractivity contribution in [3.05, 3.63) is 77.6 Å². The van der Waals surface area contributed by atoms with Gasteiger partial charge in [-0.2, -0.15) is 13.2 Å². The number of carbonyl (C=O) groups is 1. The first-order chi connectivity index (χ1) is 14.3. The van der Waals surface area contributed by atoms with Crippen molar-refractivity contribution in [2.45, 2.75) is 12.7 Å². The normalized spacial score (nSPS) is 11.6. The fourth-order valence-electron chi connectivity index (χ4n) is 3.08. The Kier molecular flexibility index (Phi) is 5.17. The predicted octanol–water partition coefficient (Wildman–Crippen LogP) is 5.41. The molecule has 4 rings (SSSR count). The van der Waals surface area contributed by atoms with E-state index in [1.165, 1.54) is 0 Å². The number of hydrogen-bond donors (Lipinski definition) is 1. The van der Waals surface area contributed by atoms with Crippen LogP contribution in [0.5, 0.6) is 0 Å². The minimum absolute atomic E-state index is 0.0133. The molecule has 0 saturated carbocycles. The Morgan fingerprint density at radius 2 is 1.90 bits per heavy atom. The first kappa shape index (κ1) is 19.9. The zero-order valence-electron chi connectivity index (χ0n) is 15.3. The van der Waals surface area contributed by atoms with Gasteiger partial charge in [0.2, 0.25) is 5.91 Å². The summed E-state index contributed by atoms with van der Waals surface area (Å²) in [7, 11) is 0. The highest BCUT2D eigenvalue weighted by Crippen LogP contribution is 2.34. The fourth-order valence-corrected chi connectivity index (χ4v) is 3.25. The van der Waals surface area contributed by atoms with Crippen LogP contribution in [0.1, 0.15) is 5.56 Å². The second-order valence-corrected chi connectivity index (χ2v) is 6.90. The van der Waals surface area contributed by atoms with Crippen LogP contribution < -0.4 is 5.32 Å². The van der Waals surface area contributed by atoms with Gasteiger partial charge in [0.05, 0.1) is 27.3 Å². The van der Waals surface area contributed by atoms with Gasteiger partial charge >= 0.3 is 6.18 Å². The van der Waals surface area contributed by atoms with Crippen LogP contribution in [-0.2, 0) is 17.5 Å². The summed E-state index contributed by atoms with van der Waals surface area (Å²) in [5.41, 5.74) is 1.09. The number of imidazole rings is 1. The molecule has 4 aromatic rings. The van der Waals surface area contributed by atoms with Gasteiger partial charge in [0.15, 0.2) is 0 Å². The molecule has 0 unspecified atom stereocenters. The Labute approximate surface area is 174 Å². The summed E-state index contributed by atoms with van der Waals surface area (Å²) in [6, 6.07) is 13.6. The van der Waals surface area contributed by atoms with E-state index in [4.69, 9.17) is 11.6 Å². The smallest absolute Gasteiger partial charge is 0.323 e. The number of fused-ring (bicyclic) bond motifs is 1. The lowest BCUT2D eigenvalue weighted by molar-refractivity contribution is -0.137. The Morgan fingerprint density at radius 1 is 1.10 bits per heavy atom. The number of hydrogen-bond acceptors (Lipinski definition) is 3. The quantitative estimate of drug-likeness (QED) is 0.471. The molecule has 0 aliphatic carbocycles. The molecule has 0 atom stereocenters. The fraction of sp³-hybridized carbons (Fsp3) is 0.0952. The second kappa shape index (κ2) is 7.79. The summed E-state index contributed by atoms with van der Waals surface area (Å²) >= 11 is 5.98. The molecule has 0 spiro atoms. The molecule has 1 amide bonds. The van der Waals surface area contributed by atoms with Crippen molar-refractivity contribution in [3.8, 4) is 11.4 Å². The average molecular weight is 431 g/mol. The summed E-state index contributed by atoms with van der Waals surface area (Å²) in [5.74, 6) is -0.0147. The largest absolute Gasteiger partial charge is 0.416 e. The van der Waals surface area contributed by atoms with Crippen LogP contribution in [-0.4, -0.2) is 20.4 Å². The number of nitrogens with one attached hydrogen (secondary N) is 1. The van der Waals surface area contributed by atoms with Crippen LogP contribution in [0.4, 0.5) is 18.9 Å². The molecule has 0 aliphatic rings. The minimum atomic E-state index is -4.54. The van der Waals surface area contributed by atoms with E-state index in [0.29, 0.717) is 22.4 Å². The molecule has 1 N–H and O–H groups in total. The molecule has 5 nitrogen and oxygen atoms in total. The Hall–Kier alpha value is -3.39. The Bertz CT molecular complexity index is 1220. The SMILES string of the molecule is O=C(Cn1c(-c2cccnc2)nc2ccccc21)Nc1cc(C(F)(F)F)ccc1Cl. The Balaban J connectivity index is 1.68. The molecule has 2 heterocycles. The van der Waals surface area contributed by atoms with Gasteiger partial charge in [0, 0.05) is 18.0 Å². The topological polar surface area (TPSA) is 59.8 Å². The number of carbonyl (C=O) groups excluding carboxylic acids is 1. The van der Waals surface area contributed by atoms with Crippen LogP contribution in [0.25, 0.3) is 22.4 Å². The molecule has 0 fully saturated rings. The number of pyridine rings is 1. The van der Waals surface area contributed by atoms with E-state index in [1.54, 1.807) is 23.0 Å². The molecule has 152 valence electrons. The van der Waals surface area contributed by atoms with Gasteiger partial charge in [-0.05, 0) is 42.5 Å². The van der Waals surface area contributed by atoms with Gasteiger partial charge in [-0.1, -0.05) is 23.7 Å². The number of aromatic nitrogens is 3. The van der Waals surface area contributed by atoms with E-state index in [0.717, 1.165) is 18.2 Å². The van der Waals surface area contributed by atoms with Crippen molar-refractivity contribution in [2.75, 3.05) is 5.32 Å². The van der Waals surface area contributed by atoms with Crippen LogP contribution in [0, 0.1) is 0 Å². The average Bonchev–Trinajstić information content (AvgIpc) is 3.08. The second-order valence-electron chi connectivity index (χ2n) is 6.49. The van der Waals surface area contributed by atoms with Crippen LogP contribution in [0.2, 0.25) is 5.02 Å². The monoisotopic (exact) mass is 430 g/mol. The third-order valence-electron chi connectivity index (χ3n) is 4.44. The van der Waals surface area contributed by atoms with Gasteiger partial charge < -0.3 is 9.88 Å². The summed E-state index contributed by atoms with van der Waals surface area (Å²) in [4.78, 5) is 21.4. The minimum Gasteiger partial charge on any atom is -0.323 e. The summed E-state index contributed by atoms with van der Waals surface area (Å²) in [5, 5.41) is 2.48. The van der Waals surface area contributed by atoms with Crippen LogP contribution >= 0.6 is 11.6 Å². The van der Waals surface area contributed by atoms with Crippen molar-refractivity contribution < 1.29 is 18.0 Å². The van der Waals surface area contributed by atoms with E-state index >= 15 is 0 Å². The van der Waals surface area contributed by atoms with Gasteiger partial charge in [0.1, 0.15) is 12.4 Å². The van der Waals surface area contributed by atoms with Crippen molar-refractivity contribution in [1.29, 1.82) is 0 Å². The number of halogens is 4. The van der Waals surface area contributed by atoms with Gasteiger partial charge in [0.25, 0.3) is 0 Å². The number of alkyl halides is 3. The number of nitrogens with zero attached hydrogens (tertiary/aromatic N) is 3. The predicted molar refractivity (Wildman–Crippen MR) is 108 cm³/mol. The van der Waals surface area contributed by atoms with E-state index in [-0.39, 0.29) is 17.3 Å². The summed E-state index contributed by atoms with van der Waals surface area (Å²) < 4.78 is 40.6. The third-order valence-corrected chi connectivity index (χ3v) is 4.77. The van der Waals surface area contributed by atoms with Crippen molar-refractivity contribution in [3.63, 3.8) is 0 Å². The Morgan fingerprint density at radius 3 is 2.63 bits per heavy atom. The zero-order valence-corrected chi connectivity index (χ0v) is 16.1. The van der Waals surface area contributed by atoms with E-state index in [1.807, 2.05) is 30.3 Å². The van der Waals surface area contributed by atoms with E-state index in [2.05, 4.69) is 15.3 Å². The summed E-state index contributed by atoms with van der Waals surface area (Å²) in [6.07, 6.45) is -1.30. The molecule has 2 aromatic heterocycles. The molecule has 0 saturated heterocycles. The number of rotatable bonds is 4. The maximum atomic E-state index is 13.0. The molecule has 30 heavy (non-hydrogen) atoms. The zero-order chi connectivity index (χ0) is 21.3. The molecular weight excluding hydrogens is 417 g/mol. The molecule has 0 bridgehead atoms. The maximum Gasteiger partial charge on any atom is 0.416 e. The van der Waals surface area contributed by atoms with Crippen molar-refractivity contribution >= 4 is 34.2 Å². The van der Waals surface area contributed by atoms with Gasteiger partial charge in [-0.15, -0.1) is 0 Å². The molecule has 2 aromatic carbocycles. The third kappa shape index (κ3) is 3.99. The van der Waals surface area contributed by atoms with Crippen molar-refractivity contribution in [1.82, 2.24) is 14.5 Å². The molecule has 0 radical (unpaired) electrons. The van der Waals surface area contributed by atoms with Crippen LogP contribution in [0.15, 0.2) is 67.0 Å². The van der Waals surface area contributed by atoms with Gasteiger partial charge in [-0.25, -0.2) is 4.98 Å².